The standard InChI is InChI=1S/C14H19NO3/c1-10(16)11-5-7-12(8-6-11)15-14(9-17-14)18-13(2,3)4/h5-8,15H,9H2,1-4H3. The van der Waals surface area contributed by atoms with Crippen LogP contribution in [-0.2, 0) is 9.47 Å². The summed E-state index contributed by atoms with van der Waals surface area (Å²) < 4.78 is 11.2. The lowest BCUT2D eigenvalue weighted by Gasteiger charge is -2.26. The summed E-state index contributed by atoms with van der Waals surface area (Å²) in [5, 5.41) is 3.20. The topological polar surface area (TPSA) is 50.9 Å². The Morgan fingerprint density at radius 1 is 1.33 bits per heavy atom. The summed E-state index contributed by atoms with van der Waals surface area (Å²) in [6.07, 6.45) is 0. The number of benzene rings is 1. The average molecular weight is 249 g/mol. The first kappa shape index (κ1) is 13.1. The minimum absolute atomic E-state index is 0.0601. The van der Waals surface area contributed by atoms with E-state index in [1.165, 1.54) is 0 Å². The van der Waals surface area contributed by atoms with Gasteiger partial charge in [0, 0.05) is 11.3 Å². The van der Waals surface area contributed by atoms with E-state index in [0.29, 0.717) is 12.2 Å². The number of hydrogen-bond acceptors (Lipinski definition) is 4. The van der Waals surface area contributed by atoms with E-state index in [1.54, 1.807) is 19.1 Å². The highest BCUT2D eigenvalue weighted by atomic mass is 16.8. The summed E-state index contributed by atoms with van der Waals surface area (Å²) in [5.41, 5.74) is 1.30. The largest absolute Gasteiger partial charge is 0.333 e. The molecule has 98 valence electrons. The summed E-state index contributed by atoms with van der Waals surface area (Å²) >= 11 is 0. The third-order valence-electron chi connectivity index (χ3n) is 2.50. The van der Waals surface area contributed by atoms with Gasteiger partial charge in [0.1, 0.15) is 6.61 Å². The second-order valence-corrected chi connectivity index (χ2v) is 5.51. The number of ether oxygens (including phenoxy) is 2. The van der Waals surface area contributed by atoms with Crippen molar-refractivity contribution in [2.24, 2.45) is 0 Å². The fourth-order valence-electron chi connectivity index (χ4n) is 1.72. The van der Waals surface area contributed by atoms with Gasteiger partial charge in [0.15, 0.2) is 5.78 Å². The summed E-state index contributed by atoms with van der Waals surface area (Å²) in [4.78, 5) is 11.2. The maximum Gasteiger partial charge on any atom is 0.274 e. The fraction of sp³-hybridized carbons (Fsp3) is 0.500. The first-order valence-corrected chi connectivity index (χ1v) is 6.03. The molecule has 0 radical (unpaired) electrons. The van der Waals surface area contributed by atoms with Crippen molar-refractivity contribution in [3.8, 4) is 0 Å². The van der Waals surface area contributed by atoms with Crippen LogP contribution in [0.5, 0.6) is 0 Å². The molecule has 1 aromatic rings. The van der Waals surface area contributed by atoms with Crippen molar-refractivity contribution in [3.63, 3.8) is 0 Å². The van der Waals surface area contributed by atoms with Gasteiger partial charge in [0.25, 0.3) is 5.91 Å². The molecular formula is C14H19NO3. The Kier molecular flexibility index (Phi) is 3.17. The van der Waals surface area contributed by atoms with Gasteiger partial charge in [0.05, 0.1) is 5.60 Å². The molecular weight excluding hydrogens is 230 g/mol. The molecule has 0 aromatic heterocycles. The van der Waals surface area contributed by atoms with Gasteiger partial charge in [0.2, 0.25) is 0 Å². The van der Waals surface area contributed by atoms with E-state index in [4.69, 9.17) is 9.47 Å². The van der Waals surface area contributed by atoms with E-state index in [1.807, 2.05) is 32.9 Å². The van der Waals surface area contributed by atoms with Crippen LogP contribution in [0.15, 0.2) is 24.3 Å². The van der Waals surface area contributed by atoms with Gasteiger partial charge < -0.3 is 14.8 Å². The Morgan fingerprint density at radius 3 is 2.28 bits per heavy atom. The van der Waals surface area contributed by atoms with Crippen molar-refractivity contribution >= 4 is 11.5 Å². The maximum atomic E-state index is 11.2. The molecule has 1 aromatic carbocycles. The smallest absolute Gasteiger partial charge is 0.274 e. The van der Waals surface area contributed by atoms with E-state index in [-0.39, 0.29) is 11.4 Å². The zero-order valence-electron chi connectivity index (χ0n) is 11.2. The lowest BCUT2D eigenvalue weighted by Crippen LogP contribution is -2.36. The van der Waals surface area contributed by atoms with Crippen LogP contribution < -0.4 is 5.32 Å². The van der Waals surface area contributed by atoms with Crippen LogP contribution in [0.1, 0.15) is 38.1 Å². The van der Waals surface area contributed by atoms with Crippen molar-refractivity contribution in [1.82, 2.24) is 0 Å². The molecule has 0 aliphatic carbocycles. The Balaban J connectivity index is 2.03. The van der Waals surface area contributed by atoms with E-state index in [2.05, 4.69) is 5.32 Å². The molecule has 2 rings (SSSR count). The zero-order chi connectivity index (χ0) is 13.4. The van der Waals surface area contributed by atoms with Crippen LogP contribution >= 0.6 is 0 Å². The molecule has 1 aliphatic rings. The molecule has 4 heteroatoms. The average Bonchev–Trinajstić information content (AvgIpc) is 2.95. The molecule has 1 unspecified atom stereocenters. The Morgan fingerprint density at radius 2 is 1.89 bits per heavy atom. The van der Waals surface area contributed by atoms with E-state index < -0.39 is 5.91 Å². The fourth-order valence-corrected chi connectivity index (χ4v) is 1.72. The Hall–Kier alpha value is -1.39. The van der Waals surface area contributed by atoms with Crippen LogP contribution in [0, 0.1) is 0 Å². The Bertz CT molecular complexity index is 441. The van der Waals surface area contributed by atoms with Gasteiger partial charge in [-0.05, 0) is 52.0 Å². The number of Topliss-reactive ketones (excluding diaryl/α,β-unsaturated/α-hetero) is 1. The zero-order valence-corrected chi connectivity index (χ0v) is 11.2. The molecule has 4 nitrogen and oxygen atoms in total. The van der Waals surface area contributed by atoms with Crippen LogP contribution in [0.25, 0.3) is 0 Å². The number of rotatable bonds is 4. The van der Waals surface area contributed by atoms with Crippen LogP contribution in [-0.4, -0.2) is 23.9 Å². The van der Waals surface area contributed by atoms with Crippen molar-refractivity contribution in [3.05, 3.63) is 29.8 Å². The molecule has 1 fully saturated rings. The molecule has 1 atom stereocenters. The highest BCUT2D eigenvalue weighted by Crippen LogP contribution is 2.34. The molecule has 0 saturated carbocycles. The van der Waals surface area contributed by atoms with Gasteiger partial charge in [-0.3, -0.25) is 4.79 Å². The molecule has 1 heterocycles. The van der Waals surface area contributed by atoms with E-state index >= 15 is 0 Å². The number of carbonyl (C=O) groups is 1. The van der Waals surface area contributed by atoms with Gasteiger partial charge in [-0.15, -0.1) is 0 Å². The molecule has 0 spiro atoms. The van der Waals surface area contributed by atoms with Crippen LogP contribution in [0.2, 0.25) is 0 Å². The van der Waals surface area contributed by atoms with Crippen LogP contribution in [0.3, 0.4) is 0 Å². The number of hydrogen-bond donors (Lipinski definition) is 1. The molecule has 1 saturated heterocycles. The van der Waals surface area contributed by atoms with E-state index in [9.17, 15) is 4.79 Å². The van der Waals surface area contributed by atoms with Crippen molar-refractivity contribution in [1.29, 1.82) is 0 Å². The van der Waals surface area contributed by atoms with Crippen molar-refractivity contribution < 1.29 is 14.3 Å². The highest BCUT2D eigenvalue weighted by molar-refractivity contribution is 5.94. The summed E-state index contributed by atoms with van der Waals surface area (Å²) in [5.74, 6) is -0.652. The third-order valence-corrected chi connectivity index (χ3v) is 2.50. The van der Waals surface area contributed by atoms with Crippen LogP contribution in [0.4, 0.5) is 5.69 Å². The number of ketones is 1. The second-order valence-electron chi connectivity index (χ2n) is 5.51. The molecule has 0 bridgehead atoms. The lowest BCUT2D eigenvalue weighted by atomic mass is 10.1. The monoisotopic (exact) mass is 249 g/mol. The predicted molar refractivity (Wildman–Crippen MR) is 69.6 cm³/mol. The number of epoxide rings is 1. The van der Waals surface area contributed by atoms with E-state index in [0.717, 1.165) is 5.69 Å². The molecule has 1 aliphatic heterocycles. The summed E-state index contributed by atoms with van der Waals surface area (Å²) in [7, 11) is 0. The molecule has 1 N–H and O–H groups in total. The number of carbonyl (C=O) groups excluding carboxylic acids is 1. The Labute approximate surface area is 107 Å². The summed E-state index contributed by atoms with van der Waals surface area (Å²) in [6, 6.07) is 7.29. The van der Waals surface area contributed by atoms with Crippen molar-refractivity contribution in [2.75, 3.05) is 11.9 Å². The molecule has 18 heavy (non-hydrogen) atoms. The highest BCUT2D eigenvalue weighted by Gasteiger charge is 2.49. The van der Waals surface area contributed by atoms with Gasteiger partial charge in [-0.2, -0.15) is 0 Å². The van der Waals surface area contributed by atoms with Gasteiger partial charge >= 0.3 is 0 Å². The lowest BCUT2D eigenvalue weighted by molar-refractivity contribution is -0.111. The number of anilines is 1. The quantitative estimate of drug-likeness (QED) is 0.506. The minimum atomic E-state index is -0.712. The minimum Gasteiger partial charge on any atom is -0.333 e. The number of nitrogens with one attached hydrogen (secondary N) is 1. The first-order chi connectivity index (χ1) is 8.30. The molecule has 0 amide bonds. The maximum absolute atomic E-state index is 11.2. The van der Waals surface area contributed by atoms with Crippen molar-refractivity contribution in [2.45, 2.75) is 39.2 Å². The third kappa shape index (κ3) is 3.31. The SMILES string of the molecule is CC(=O)c1ccc(NC2(OC(C)(C)C)CO2)cc1. The normalized spacial score (nSPS) is 22.7. The first-order valence-electron chi connectivity index (χ1n) is 6.03. The summed E-state index contributed by atoms with van der Waals surface area (Å²) in [6.45, 7) is 8.03. The predicted octanol–water partition coefficient (Wildman–Crippen LogP) is 2.80. The second kappa shape index (κ2) is 4.37. The van der Waals surface area contributed by atoms with Gasteiger partial charge in [-0.25, -0.2) is 0 Å². The van der Waals surface area contributed by atoms with Gasteiger partial charge in [-0.1, -0.05) is 0 Å².